The lowest BCUT2D eigenvalue weighted by Gasteiger charge is -2.09. The molecule has 2 rings (SSSR count). The zero-order valence-electron chi connectivity index (χ0n) is 12.3. The molecular formula is C18H22O2. The fraction of sp³-hybridized carbons (Fsp3) is 0.333. The van der Waals surface area contributed by atoms with Gasteiger partial charge in [0.1, 0.15) is 11.5 Å². The highest BCUT2D eigenvalue weighted by molar-refractivity contribution is 5.66. The van der Waals surface area contributed by atoms with Crippen molar-refractivity contribution in [1.29, 1.82) is 0 Å². The molecule has 2 heteroatoms. The third-order valence-corrected chi connectivity index (χ3v) is 2.95. The second kappa shape index (κ2) is 7.59. The first-order valence-electron chi connectivity index (χ1n) is 7.29. The summed E-state index contributed by atoms with van der Waals surface area (Å²) in [5.74, 6) is 1.84. The standard InChI is InChI=1S/C18H22O2/c1-3-11-19-17-9-5-7-15(13-17)16-8-6-10-18(14-16)20-12-4-2/h5-10,13-14H,3-4,11-12H2,1-2H3. The molecule has 0 bridgehead atoms. The van der Waals surface area contributed by atoms with Crippen LogP contribution in [-0.4, -0.2) is 13.2 Å². The molecule has 0 N–H and O–H groups in total. The summed E-state index contributed by atoms with van der Waals surface area (Å²) in [6.07, 6.45) is 2.04. The Hall–Kier alpha value is -1.96. The number of hydrogen-bond donors (Lipinski definition) is 0. The summed E-state index contributed by atoms with van der Waals surface area (Å²) in [6.45, 7) is 5.73. The average Bonchev–Trinajstić information content (AvgIpc) is 2.51. The largest absolute Gasteiger partial charge is 0.494 e. The first-order chi connectivity index (χ1) is 9.83. The third kappa shape index (κ3) is 4.02. The van der Waals surface area contributed by atoms with E-state index in [1.54, 1.807) is 0 Å². The molecule has 0 amide bonds. The van der Waals surface area contributed by atoms with E-state index >= 15 is 0 Å². The highest BCUT2D eigenvalue weighted by Crippen LogP contribution is 2.27. The van der Waals surface area contributed by atoms with Crippen LogP contribution < -0.4 is 9.47 Å². The third-order valence-electron chi connectivity index (χ3n) is 2.95. The lowest BCUT2D eigenvalue weighted by molar-refractivity contribution is 0.317. The monoisotopic (exact) mass is 270 g/mol. The van der Waals surface area contributed by atoms with Gasteiger partial charge in [-0.2, -0.15) is 0 Å². The van der Waals surface area contributed by atoms with Gasteiger partial charge in [-0.25, -0.2) is 0 Å². The first kappa shape index (κ1) is 14.4. The molecule has 0 aliphatic heterocycles. The van der Waals surface area contributed by atoms with Crippen LogP contribution in [0, 0.1) is 0 Å². The van der Waals surface area contributed by atoms with Crippen molar-refractivity contribution in [2.75, 3.05) is 13.2 Å². The molecule has 2 aromatic rings. The highest BCUT2D eigenvalue weighted by atomic mass is 16.5. The van der Waals surface area contributed by atoms with E-state index in [0.29, 0.717) is 0 Å². The van der Waals surface area contributed by atoms with Crippen LogP contribution >= 0.6 is 0 Å². The van der Waals surface area contributed by atoms with Gasteiger partial charge in [-0.05, 0) is 48.2 Å². The van der Waals surface area contributed by atoms with Crippen LogP contribution in [0.15, 0.2) is 48.5 Å². The topological polar surface area (TPSA) is 18.5 Å². The van der Waals surface area contributed by atoms with Gasteiger partial charge >= 0.3 is 0 Å². The van der Waals surface area contributed by atoms with Crippen LogP contribution in [0.25, 0.3) is 11.1 Å². The molecule has 20 heavy (non-hydrogen) atoms. The van der Waals surface area contributed by atoms with Gasteiger partial charge in [-0.1, -0.05) is 38.1 Å². The molecule has 0 aliphatic carbocycles. The number of hydrogen-bond acceptors (Lipinski definition) is 2. The van der Waals surface area contributed by atoms with Crippen molar-refractivity contribution < 1.29 is 9.47 Å². The van der Waals surface area contributed by atoms with Gasteiger partial charge in [-0.15, -0.1) is 0 Å². The summed E-state index contributed by atoms with van der Waals surface area (Å²) in [5.41, 5.74) is 2.31. The zero-order chi connectivity index (χ0) is 14.2. The van der Waals surface area contributed by atoms with Crippen LogP contribution in [-0.2, 0) is 0 Å². The van der Waals surface area contributed by atoms with Crippen molar-refractivity contribution in [2.45, 2.75) is 26.7 Å². The quantitative estimate of drug-likeness (QED) is 0.710. The smallest absolute Gasteiger partial charge is 0.119 e. The van der Waals surface area contributed by atoms with Crippen LogP contribution in [0.2, 0.25) is 0 Å². The van der Waals surface area contributed by atoms with E-state index in [-0.39, 0.29) is 0 Å². The van der Waals surface area contributed by atoms with E-state index in [4.69, 9.17) is 9.47 Å². The second-order valence-corrected chi connectivity index (χ2v) is 4.75. The normalized spacial score (nSPS) is 10.3. The summed E-state index contributed by atoms with van der Waals surface area (Å²) in [5, 5.41) is 0. The van der Waals surface area contributed by atoms with E-state index in [9.17, 15) is 0 Å². The molecule has 0 atom stereocenters. The molecule has 2 aromatic carbocycles. The van der Waals surface area contributed by atoms with Gasteiger partial charge in [0.15, 0.2) is 0 Å². The van der Waals surface area contributed by atoms with Gasteiger partial charge in [0, 0.05) is 0 Å². The molecule has 0 aromatic heterocycles. The minimum Gasteiger partial charge on any atom is -0.494 e. The molecular weight excluding hydrogens is 248 g/mol. The van der Waals surface area contributed by atoms with Crippen molar-refractivity contribution in [3.8, 4) is 22.6 Å². The summed E-state index contributed by atoms with van der Waals surface area (Å²) in [7, 11) is 0. The lowest BCUT2D eigenvalue weighted by Crippen LogP contribution is -1.95. The molecule has 0 radical (unpaired) electrons. The second-order valence-electron chi connectivity index (χ2n) is 4.75. The molecule has 0 heterocycles. The van der Waals surface area contributed by atoms with Crippen molar-refractivity contribution in [3.63, 3.8) is 0 Å². The Balaban J connectivity index is 2.17. The fourth-order valence-corrected chi connectivity index (χ4v) is 1.97. The molecule has 0 spiro atoms. The summed E-state index contributed by atoms with van der Waals surface area (Å²) >= 11 is 0. The molecule has 0 saturated carbocycles. The number of rotatable bonds is 7. The first-order valence-corrected chi connectivity index (χ1v) is 7.29. The molecule has 0 fully saturated rings. The molecule has 2 nitrogen and oxygen atoms in total. The SMILES string of the molecule is CCCOc1cccc(-c2cccc(OCCC)c2)c1. The molecule has 0 aliphatic rings. The van der Waals surface area contributed by atoms with Crippen LogP contribution in [0.1, 0.15) is 26.7 Å². The van der Waals surface area contributed by atoms with Gasteiger partial charge in [0.25, 0.3) is 0 Å². The summed E-state index contributed by atoms with van der Waals surface area (Å²) in [4.78, 5) is 0. The minimum atomic E-state index is 0.753. The van der Waals surface area contributed by atoms with E-state index in [2.05, 4.69) is 38.1 Å². The van der Waals surface area contributed by atoms with E-state index in [0.717, 1.165) is 48.7 Å². The van der Waals surface area contributed by atoms with Gasteiger partial charge in [0.2, 0.25) is 0 Å². The maximum absolute atomic E-state index is 5.68. The Kier molecular flexibility index (Phi) is 5.48. The van der Waals surface area contributed by atoms with Crippen LogP contribution in [0.5, 0.6) is 11.5 Å². The number of ether oxygens (including phenoxy) is 2. The Morgan fingerprint density at radius 2 is 1.15 bits per heavy atom. The zero-order valence-corrected chi connectivity index (χ0v) is 12.3. The van der Waals surface area contributed by atoms with E-state index < -0.39 is 0 Å². The van der Waals surface area contributed by atoms with Gasteiger partial charge < -0.3 is 9.47 Å². The van der Waals surface area contributed by atoms with Gasteiger partial charge in [0.05, 0.1) is 13.2 Å². The Morgan fingerprint density at radius 1 is 0.700 bits per heavy atom. The van der Waals surface area contributed by atoms with Crippen LogP contribution in [0.3, 0.4) is 0 Å². The molecule has 0 unspecified atom stereocenters. The Morgan fingerprint density at radius 3 is 1.55 bits per heavy atom. The van der Waals surface area contributed by atoms with Crippen molar-refractivity contribution >= 4 is 0 Å². The maximum atomic E-state index is 5.68. The number of benzene rings is 2. The van der Waals surface area contributed by atoms with E-state index in [1.807, 2.05) is 24.3 Å². The highest BCUT2D eigenvalue weighted by Gasteiger charge is 2.02. The van der Waals surface area contributed by atoms with Crippen molar-refractivity contribution in [3.05, 3.63) is 48.5 Å². The summed E-state index contributed by atoms with van der Waals surface area (Å²) < 4.78 is 11.4. The van der Waals surface area contributed by atoms with Crippen molar-refractivity contribution in [1.82, 2.24) is 0 Å². The van der Waals surface area contributed by atoms with E-state index in [1.165, 1.54) is 0 Å². The Bertz CT molecular complexity index is 485. The summed E-state index contributed by atoms with van der Waals surface area (Å²) in [6, 6.07) is 16.4. The van der Waals surface area contributed by atoms with Crippen molar-refractivity contribution in [2.24, 2.45) is 0 Å². The Labute approximate surface area is 121 Å². The maximum Gasteiger partial charge on any atom is 0.119 e. The predicted molar refractivity (Wildman–Crippen MR) is 83.5 cm³/mol. The lowest BCUT2D eigenvalue weighted by atomic mass is 10.1. The minimum absolute atomic E-state index is 0.753. The molecule has 106 valence electrons. The predicted octanol–water partition coefficient (Wildman–Crippen LogP) is 4.93. The average molecular weight is 270 g/mol. The molecule has 0 saturated heterocycles. The fourth-order valence-electron chi connectivity index (χ4n) is 1.97. The van der Waals surface area contributed by atoms with Gasteiger partial charge in [-0.3, -0.25) is 0 Å². The van der Waals surface area contributed by atoms with Crippen LogP contribution in [0.4, 0.5) is 0 Å².